The Hall–Kier alpha value is -3.32. The highest BCUT2D eigenvalue weighted by Crippen LogP contribution is 2.09. The molecule has 12 nitrogen and oxygen atoms in total. The van der Waals surface area contributed by atoms with Crippen molar-refractivity contribution in [2.75, 3.05) is 12.3 Å². The third-order valence-corrected chi connectivity index (χ3v) is 5.74. The highest BCUT2D eigenvalue weighted by atomic mass is 32.1. The van der Waals surface area contributed by atoms with Crippen LogP contribution in [0.1, 0.15) is 38.7 Å². The highest BCUT2D eigenvalue weighted by molar-refractivity contribution is 7.80. The maximum absolute atomic E-state index is 13.2. The second kappa shape index (κ2) is 16.4. The SMILES string of the molecule is CC(C)CC(NC(=O)C(N)CS)C(=O)NC(Cc1ccccc1)C(=O)NC(CCCN=C(N)N)C(=O)O. The van der Waals surface area contributed by atoms with E-state index in [4.69, 9.17) is 17.2 Å². The molecule has 1 aromatic rings. The summed E-state index contributed by atoms with van der Waals surface area (Å²) in [5.74, 6) is -2.98. The fourth-order valence-electron chi connectivity index (χ4n) is 3.43. The van der Waals surface area contributed by atoms with Crippen LogP contribution in [0.25, 0.3) is 0 Å². The first kappa shape index (κ1) is 31.7. The van der Waals surface area contributed by atoms with Crippen LogP contribution in [0, 0.1) is 5.92 Å². The van der Waals surface area contributed by atoms with Gasteiger partial charge in [-0.25, -0.2) is 4.79 Å². The van der Waals surface area contributed by atoms with Crippen molar-refractivity contribution in [2.24, 2.45) is 28.1 Å². The zero-order valence-electron chi connectivity index (χ0n) is 21.2. The van der Waals surface area contributed by atoms with Gasteiger partial charge in [-0.1, -0.05) is 44.2 Å². The number of carbonyl (C=O) groups is 4. The number of carbonyl (C=O) groups excluding carboxylic acids is 3. The minimum atomic E-state index is -1.23. The number of hydrogen-bond donors (Lipinski definition) is 8. The highest BCUT2D eigenvalue weighted by Gasteiger charge is 2.30. The van der Waals surface area contributed by atoms with Crippen LogP contribution < -0.4 is 33.2 Å². The predicted molar refractivity (Wildman–Crippen MR) is 145 cm³/mol. The smallest absolute Gasteiger partial charge is 0.326 e. The number of guanidine groups is 1. The van der Waals surface area contributed by atoms with E-state index in [1.807, 2.05) is 19.9 Å². The van der Waals surface area contributed by atoms with Crippen molar-refractivity contribution in [2.45, 2.75) is 63.7 Å². The quantitative estimate of drug-likeness (QED) is 0.0572. The summed E-state index contributed by atoms with van der Waals surface area (Å²) in [6.45, 7) is 3.98. The third-order valence-electron chi connectivity index (χ3n) is 5.35. The molecule has 1 aromatic carbocycles. The van der Waals surface area contributed by atoms with Gasteiger partial charge in [-0.2, -0.15) is 12.6 Å². The largest absolute Gasteiger partial charge is 0.480 e. The van der Waals surface area contributed by atoms with Gasteiger partial charge in [0.25, 0.3) is 0 Å². The van der Waals surface area contributed by atoms with E-state index in [1.165, 1.54) is 0 Å². The standard InChI is InChI=1S/C24H39N7O5S/c1-14(2)11-18(30-20(32)16(25)13-37)21(33)31-19(12-15-7-4-3-5-8-15)22(34)29-17(23(35)36)9-6-10-28-24(26)27/h3-5,7-8,14,16-19,37H,6,9-13,25H2,1-2H3,(H,29,34)(H,30,32)(H,31,33)(H,35,36)(H4,26,27,28). The molecule has 13 heteroatoms. The van der Waals surface area contributed by atoms with Gasteiger partial charge in [0, 0.05) is 18.7 Å². The Labute approximate surface area is 222 Å². The van der Waals surface area contributed by atoms with Gasteiger partial charge in [0.2, 0.25) is 17.7 Å². The summed E-state index contributed by atoms with van der Waals surface area (Å²) in [7, 11) is 0. The summed E-state index contributed by atoms with van der Waals surface area (Å²) >= 11 is 4.02. The van der Waals surface area contributed by atoms with E-state index in [9.17, 15) is 24.3 Å². The molecule has 0 aromatic heterocycles. The molecule has 0 radical (unpaired) electrons. The molecule has 0 spiro atoms. The fraction of sp³-hybridized carbons (Fsp3) is 0.542. The van der Waals surface area contributed by atoms with Crippen LogP contribution in [-0.4, -0.2) is 71.2 Å². The normalized spacial score (nSPS) is 14.1. The van der Waals surface area contributed by atoms with Crippen molar-refractivity contribution >= 4 is 42.3 Å². The Morgan fingerprint density at radius 2 is 1.51 bits per heavy atom. The fourth-order valence-corrected chi connectivity index (χ4v) is 3.60. The zero-order valence-corrected chi connectivity index (χ0v) is 22.1. The molecule has 4 unspecified atom stereocenters. The van der Waals surface area contributed by atoms with Crippen molar-refractivity contribution in [3.8, 4) is 0 Å². The van der Waals surface area contributed by atoms with Gasteiger partial charge in [0.1, 0.15) is 18.1 Å². The van der Waals surface area contributed by atoms with E-state index in [2.05, 4.69) is 33.6 Å². The lowest BCUT2D eigenvalue weighted by Gasteiger charge is -2.26. The Bertz CT molecular complexity index is 925. The van der Waals surface area contributed by atoms with Crippen LogP contribution in [0.3, 0.4) is 0 Å². The number of rotatable bonds is 16. The molecule has 4 atom stereocenters. The van der Waals surface area contributed by atoms with Gasteiger partial charge in [-0.05, 0) is 30.7 Å². The van der Waals surface area contributed by atoms with E-state index >= 15 is 0 Å². The van der Waals surface area contributed by atoms with E-state index < -0.39 is 47.9 Å². The average Bonchev–Trinajstić information content (AvgIpc) is 2.84. The van der Waals surface area contributed by atoms with Crippen LogP contribution >= 0.6 is 12.6 Å². The number of aliphatic carboxylic acids is 1. The lowest BCUT2D eigenvalue weighted by molar-refractivity contribution is -0.142. The molecule has 3 amide bonds. The molecule has 0 bridgehead atoms. The molecule has 10 N–H and O–H groups in total. The molecule has 0 saturated heterocycles. The first-order valence-electron chi connectivity index (χ1n) is 12.0. The minimum Gasteiger partial charge on any atom is -0.480 e. The third kappa shape index (κ3) is 12.5. The molecule has 0 aliphatic carbocycles. The number of amides is 3. The lowest BCUT2D eigenvalue weighted by atomic mass is 10.0. The Morgan fingerprint density at radius 1 is 0.946 bits per heavy atom. The second-order valence-corrected chi connectivity index (χ2v) is 9.44. The maximum Gasteiger partial charge on any atom is 0.326 e. The number of nitrogens with zero attached hydrogens (tertiary/aromatic N) is 1. The van der Waals surface area contributed by atoms with Crippen LogP contribution in [0.2, 0.25) is 0 Å². The van der Waals surface area contributed by atoms with Crippen molar-refractivity contribution in [1.82, 2.24) is 16.0 Å². The van der Waals surface area contributed by atoms with Crippen molar-refractivity contribution in [3.63, 3.8) is 0 Å². The number of nitrogens with two attached hydrogens (primary N) is 3. The average molecular weight is 538 g/mol. The topological polar surface area (TPSA) is 215 Å². The number of benzene rings is 1. The summed E-state index contributed by atoms with van der Waals surface area (Å²) < 4.78 is 0. The molecule has 0 aliphatic rings. The zero-order chi connectivity index (χ0) is 28.0. The number of carboxylic acid groups (broad SMARTS) is 1. The molecule has 0 saturated carbocycles. The van der Waals surface area contributed by atoms with Crippen LogP contribution in [0.4, 0.5) is 0 Å². The predicted octanol–water partition coefficient (Wildman–Crippen LogP) is -0.875. The first-order chi connectivity index (χ1) is 17.4. The summed E-state index contributed by atoms with van der Waals surface area (Å²) in [4.78, 5) is 54.3. The molecular weight excluding hydrogens is 498 g/mol. The Morgan fingerprint density at radius 3 is 2.05 bits per heavy atom. The molecular formula is C24H39N7O5S. The molecule has 1 rings (SSSR count). The number of carboxylic acids is 1. The van der Waals surface area contributed by atoms with E-state index in [1.54, 1.807) is 24.3 Å². The van der Waals surface area contributed by atoms with Crippen LogP contribution in [-0.2, 0) is 25.6 Å². The van der Waals surface area contributed by atoms with Gasteiger partial charge < -0.3 is 38.3 Å². The number of thiol groups is 1. The van der Waals surface area contributed by atoms with Crippen LogP contribution in [0.15, 0.2) is 35.3 Å². The molecule has 37 heavy (non-hydrogen) atoms. The Kier molecular flexibility index (Phi) is 14.1. The number of nitrogens with one attached hydrogen (secondary N) is 3. The maximum atomic E-state index is 13.2. The van der Waals surface area contributed by atoms with Gasteiger partial charge in [0.15, 0.2) is 5.96 Å². The minimum absolute atomic E-state index is 0.0475. The summed E-state index contributed by atoms with van der Waals surface area (Å²) in [5, 5.41) is 17.4. The molecule has 0 fully saturated rings. The molecule has 0 aliphatic heterocycles. The van der Waals surface area contributed by atoms with Gasteiger partial charge in [-0.15, -0.1) is 0 Å². The van der Waals surface area contributed by atoms with Crippen molar-refractivity contribution < 1.29 is 24.3 Å². The van der Waals surface area contributed by atoms with E-state index in [-0.39, 0.29) is 37.0 Å². The van der Waals surface area contributed by atoms with Crippen molar-refractivity contribution in [1.29, 1.82) is 0 Å². The van der Waals surface area contributed by atoms with E-state index in [0.717, 1.165) is 5.56 Å². The van der Waals surface area contributed by atoms with Gasteiger partial charge in [-0.3, -0.25) is 19.4 Å². The second-order valence-electron chi connectivity index (χ2n) is 9.08. The summed E-state index contributed by atoms with van der Waals surface area (Å²) in [6, 6.07) is 4.81. The summed E-state index contributed by atoms with van der Waals surface area (Å²) in [5.41, 5.74) is 17.1. The number of aliphatic imine (C=N–C) groups is 1. The van der Waals surface area contributed by atoms with E-state index in [0.29, 0.717) is 12.8 Å². The van der Waals surface area contributed by atoms with Crippen molar-refractivity contribution in [3.05, 3.63) is 35.9 Å². The molecule has 206 valence electrons. The van der Waals surface area contributed by atoms with Gasteiger partial charge >= 0.3 is 5.97 Å². The van der Waals surface area contributed by atoms with Crippen LogP contribution in [0.5, 0.6) is 0 Å². The summed E-state index contributed by atoms with van der Waals surface area (Å²) in [6.07, 6.45) is 0.812. The first-order valence-corrected chi connectivity index (χ1v) is 12.7. The Balaban J connectivity index is 3.07. The monoisotopic (exact) mass is 537 g/mol. The van der Waals surface area contributed by atoms with Gasteiger partial charge in [0.05, 0.1) is 6.04 Å². The molecule has 0 heterocycles. The lowest BCUT2D eigenvalue weighted by Crippen LogP contribution is -2.58. The number of hydrogen-bond acceptors (Lipinski definition) is 7.